The van der Waals surface area contributed by atoms with Crippen LogP contribution in [0.4, 0.5) is 15.8 Å². The van der Waals surface area contributed by atoms with E-state index in [2.05, 4.69) is 0 Å². The zero-order valence-corrected chi connectivity index (χ0v) is 15.9. The minimum Gasteiger partial charge on any atom is -0.507 e. The van der Waals surface area contributed by atoms with Crippen molar-refractivity contribution in [2.75, 3.05) is 4.90 Å². The molecule has 1 unspecified atom stereocenters. The van der Waals surface area contributed by atoms with Crippen LogP contribution in [0, 0.1) is 15.9 Å². The highest BCUT2D eigenvalue weighted by Gasteiger charge is 2.48. The molecule has 4 rings (SSSR count). The Balaban J connectivity index is 2.01. The minimum absolute atomic E-state index is 0.0495. The molecular weight excluding hydrogens is 403 g/mol. The molecule has 0 aromatic heterocycles. The molecule has 7 nitrogen and oxygen atoms in total. The van der Waals surface area contributed by atoms with E-state index in [4.69, 9.17) is 0 Å². The second kappa shape index (κ2) is 7.83. The number of anilines is 1. The zero-order valence-electron chi connectivity index (χ0n) is 15.9. The summed E-state index contributed by atoms with van der Waals surface area (Å²) in [5, 5.41) is 22.6. The average Bonchev–Trinajstić information content (AvgIpc) is 3.05. The first kappa shape index (κ1) is 20.0. The molecule has 0 aliphatic carbocycles. The van der Waals surface area contributed by atoms with E-state index in [-0.39, 0.29) is 28.1 Å². The molecule has 1 aliphatic rings. The molecule has 0 saturated carbocycles. The molecule has 0 radical (unpaired) electrons. The molecule has 8 heteroatoms. The Morgan fingerprint density at radius 3 is 2.19 bits per heavy atom. The van der Waals surface area contributed by atoms with Gasteiger partial charge in [0.1, 0.15) is 17.6 Å². The number of ketones is 1. The molecule has 3 aromatic rings. The Hall–Kier alpha value is -4.33. The third-order valence-electron chi connectivity index (χ3n) is 5.02. The van der Waals surface area contributed by atoms with Crippen LogP contribution in [0.1, 0.15) is 17.2 Å². The molecule has 1 saturated heterocycles. The van der Waals surface area contributed by atoms with Gasteiger partial charge in [0.25, 0.3) is 17.4 Å². The molecule has 0 bridgehead atoms. The quantitative estimate of drug-likeness (QED) is 0.223. The SMILES string of the molecule is O=C1C(=O)N(c2ccc(F)cc2)C(c2ccccc2[N+](=O)[O-])/C1=C(\O)c1ccccc1. The minimum atomic E-state index is -1.27. The molecule has 1 fully saturated rings. The van der Waals surface area contributed by atoms with Crippen molar-refractivity contribution in [2.24, 2.45) is 0 Å². The first-order valence-corrected chi connectivity index (χ1v) is 9.25. The van der Waals surface area contributed by atoms with Crippen LogP contribution in [0.3, 0.4) is 0 Å². The van der Waals surface area contributed by atoms with Crippen molar-refractivity contribution in [3.8, 4) is 0 Å². The molecule has 1 atom stereocenters. The number of rotatable bonds is 4. The van der Waals surface area contributed by atoms with E-state index in [0.29, 0.717) is 0 Å². The lowest BCUT2D eigenvalue weighted by Gasteiger charge is -2.25. The number of aliphatic hydroxyl groups is 1. The van der Waals surface area contributed by atoms with Gasteiger partial charge < -0.3 is 5.11 Å². The Kier molecular flexibility index (Phi) is 5.04. The summed E-state index contributed by atoms with van der Waals surface area (Å²) in [6.45, 7) is 0. The molecule has 0 spiro atoms. The fraction of sp³-hybridized carbons (Fsp3) is 0.0435. The summed E-state index contributed by atoms with van der Waals surface area (Å²) in [7, 11) is 0. The highest BCUT2D eigenvalue weighted by atomic mass is 19.1. The van der Waals surface area contributed by atoms with E-state index >= 15 is 0 Å². The molecule has 31 heavy (non-hydrogen) atoms. The van der Waals surface area contributed by atoms with E-state index in [0.717, 1.165) is 17.0 Å². The maximum absolute atomic E-state index is 13.5. The molecule has 1 aliphatic heterocycles. The maximum atomic E-state index is 13.5. The van der Waals surface area contributed by atoms with Crippen molar-refractivity contribution >= 4 is 28.8 Å². The normalized spacial score (nSPS) is 17.7. The smallest absolute Gasteiger partial charge is 0.300 e. The topological polar surface area (TPSA) is 101 Å². The number of aliphatic hydroxyl groups excluding tert-OH is 1. The summed E-state index contributed by atoms with van der Waals surface area (Å²) in [4.78, 5) is 38.0. The Bertz CT molecular complexity index is 1220. The van der Waals surface area contributed by atoms with Gasteiger partial charge in [-0.1, -0.05) is 42.5 Å². The number of benzene rings is 3. The Labute approximate surface area is 175 Å². The van der Waals surface area contributed by atoms with Gasteiger partial charge >= 0.3 is 0 Å². The van der Waals surface area contributed by atoms with Gasteiger partial charge in [-0.05, 0) is 30.3 Å². The van der Waals surface area contributed by atoms with Crippen LogP contribution in [0.5, 0.6) is 0 Å². The second-order valence-electron chi connectivity index (χ2n) is 6.83. The third kappa shape index (κ3) is 3.44. The van der Waals surface area contributed by atoms with Crippen LogP contribution in [-0.2, 0) is 9.59 Å². The van der Waals surface area contributed by atoms with Crippen molar-refractivity contribution < 1.29 is 24.0 Å². The third-order valence-corrected chi connectivity index (χ3v) is 5.02. The highest BCUT2D eigenvalue weighted by Crippen LogP contribution is 2.44. The van der Waals surface area contributed by atoms with E-state index in [1.54, 1.807) is 30.3 Å². The number of amides is 1. The van der Waals surface area contributed by atoms with Crippen molar-refractivity contribution in [1.29, 1.82) is 0 Å². The predicted octanol–water partition coefficient (Wildman–Crippen LogP) is 4.36. The number of hydrogen-bond donors (Lipinski definition) is 1. The number of hydrogen-bond acceptors (Lipinski definition) is 5. The van der Waals surface area contributed by atoms with Gasteiger partial charge in [-0.15, -0.1) is 0 Å². The fourth-order valence-electron chi connectivity index (χ4n) is 3.63. The Morgan fingerprint density at radius 2 is 1.55 bits per heavy atom. The van der Waals surface area contributed by atoms with Gasteiger partial charge in [0.2, 0.25) is 0 Å². The van der Waals surface area contributed by atoms with E-state index in [1.807, 2.05) is 0 Å². The number of carbonyl (C=O) groups excluding carboxylic acids is 2. The molecule has 1 amide bonds. The lowest BCUT2D eigenvalue weighted by atomic mass is 9.94. The van der Waals surface area contributed by atoms with Crippen LogP contribution < -0.4 is 4.90 Å². The van der Waals surface area contributed by atoms with Crippen LogP contribution in [0.15, 0.2) is 84.4 Å². The molecule has 154 valence electrons. The highest BCUT2D eigenvalue weighted by molar-refractivity contribution is 6.51. The first-order chi connectivity index (χ1) is 14.9. The number of halogens is 1. The number of nitro groups is 1. The summed E-state index contributed by atoms with van der Waals surface area (Å²) >= 11 is 0. The van der Waals surface area contributed by atoms with Crippen molar-refractivity contribution in [3.63, 3.8) is 0 Å². The number of Topliss-reactive ketones (excluding diaryl/α,β-unsaturated/α-hetero) is 1. The van der Waals surface area contributed by atoms with Crippen LogP contribution >= 0.6 is 0 Å². The number of nitro benzene ring substituents is 1. The summed E-state index contributed by atoms with van der Waals surface area (Å²) in [6.07, 6.45) is 0. The molecular formula is C23H15FN2O5. The largest absolute Gasteiger partial charge is 0.507 e. The second-order valence-corrected chi connectivity index (χ2v) is 6.83. The predicted molar refractivity (Wildman–Crippen MR) is 111 cm³/mol. The van der Waals surface area contributed by atoms with Crippen molar-refractivity contribution in [2.45, 2.75) is 6.04 Å². The van der Waals surface area contributed by atoms with Crippen LogP contribution in [0.2, 0.25) is 0 Å². The summed E-state index contributed by atoms with van der Waals surface area (Å²) in [5.74, 6) is -2.97. The van der Waals surface area contributed by atoms with E-state index < -0.39 is 34.2 Å². The van der Waals surface area contributed by atoms with Gasteiger partial charge in [-0.3, -0.25) is 24.6 Å². The lowest BCUT2D eigenvalue weighted by molar-refractivity contribution is -0.385. The number of para-hydroxylation sites is 1. The number of carbonyl (C=O) groups is 2. The van der Waals surface area contributed by atoms with Crippen molar-refractivity contribution in [3.05, 3.63) is 111 Å². The van der Waals surface area contributed by atoms with Gasteiger partial charge in [0, 0.05) is 17.3 Å². The first-order valence-electron chi connectivity index (χ1n) is 9.25. The Morgan fingerprint density at radius 1 is 0.935 bits per heavy atom. The van der Waals surface area contributed by atoms with Crippen LogP contribution in [0.25, 0.3) is 5.76 Å². The molecule has 3 aromatic carbocycles. The monoisotopic (exact) mass is 418 g/mol. The lowest BCUT2D eigenvalue weighted by Crippen LogP contribution is -2.29. The van der Waals surface area contributed by atoms with Gasteiger partial charge in [-0.2, -0.15) is 0 Å². The molecule has 1 heterocycles. The maximum Gasteiger partial charge on any atom is 0.300 e. The van der Waals surface area contributed by atoms with E-state index in [1.165, 1.54) is 36.4 Å². The summed E-state index contributed by atoms with van der Waals surface area (Å²) in [6, 6.07) is 17.3. The zero-order chi connectivity index (χ0) is 22.1. The summed E-state index contributed by atoms with van der Waals surface area (Å²) in [5.41, 5.74) is -0.106. The number of nitrogens with zero attached hydrogens (tertiary/aromatic N) is 2. The van der Waals surface area contributed by atoms with Gasteiger partial charge in [0.05, 0.1) is 16.1 Å². The van der Waals surface area contributed by atoms with Gasteiger partial charge in [0.15, 0.2) is 0 Å². The molecule has 1 N–H and O–H groups in total. The average molecular weight is 418 g/mol. The van der Waals surface area contributed by atoms with Crippen LogP contribution in [-0.4, -0.2) is 21.7 Å². The van der Waals surface area contributed by atoms with Gasteiger partial charge in [-0.25, -0.2) is 4.39 Å². The summed E-state index contributed by atoms with van der Waals surface area (Å²) < 4.78 is 13.5. The van der Waals surface area contributed by atoms with Crippen molar-refractivity contribution in [1.82, 2.24) is 0 Å². The standard InChI is InChI=1S/C23H15FN2O5/c24-15-10-12-16(13-11-15)25-20(17-8-4-5-9-18(17)26(30)31)19(22(28)23(25)29)21(27)14-6-2-1-3-7-14/h1-13,20,27H/b21-19+. The fourth-order valence-corrected chi connectivity index (χ4v) is 3.63. The van der Waals surface area contributed by atoms with E-state index in [9.17, 15) is 29.2 Å².